The van der Waals surface area contributed by atoms with Crippen molar-refractivity contribution in [3.05, 3.63) is 66.9 Å². The molecular weight excluding hydrogens is 396 g/mol. The lowest BCUT2D eigenvalue weighted by Crippen LogP contribution is -2.35. The molecule has 3 aromatic rings. The molecule has 0 bridgehead atoms. The second kappa shape index (κ2) is 10.8. The van der Waals surface area contributed by atoms with Crippen molar-refractivity contribution in [2.45, 2.75) is 50.0 Å². The van der Waals surface area contributed by atoms with Crippen LogP contribution >= 0.6 is 0 Å². The first-order chi connectivity index (χ1) is 14.5. The van der Waals surface area contributed by atoms with E-state index in [0.717, 1.165) is 0 Å². The molecule has 6 heteroatoms. The standard InChI is InChI=1S/C18H26N2.C6H6O3S/c1-2-3-6-12-19-13-10-17(11-14-19)20-15-9-16-7-4-5-8-18(16)20;7-10(8,9)6-4-2-1-3-5-6/h4-5,7-9,15,17H,2-3,6,10-14H2,1H3;1-5H,(H,7,8,9). The number of unbranched alkanes of at least 4 members (excludes halogenated alkanes) is 2. The molecule has 0 aliphatic carbocycles. The summed E-state index contributed by atoms with van der Waals surface area (Å²) in [6, 6.07) is 19.1. The summed E-state index contributed by atoms with van der Waals surface area (Å²) >= 11 is 0. The fraction of sp³-hybridized carbons (Fsp3) is 0.417. The number of aromatic nitrogens is 1. The zero-order valence-corrected chi connectivity index (χ0v) is 18.5. The Labute approximate surface area is 180 Å². The molecule has 2 heterocycles. The van der Waals surface area contributed by atoms with Gasteiger partial charge in [0, 0.05) is 30.8 Å². The topological polar surface area (TPSA) is 62.5 Å². The lowest BCUT2D eigenvalue weighted by atomic mass is 10.0. The van der Waals surface area contributed by atoms with Gasteiger partial charge >= 0.3 is 0 Å². The van der Waals surface area contributed by atoms with Crippen molar-refractivity contribution in [1.82, 2.24) is 9.47 Å². The third kappa shape index (κ3) is 6.17. The van der Waals surface area contributed by atoms with Gasteiger partial charge in [0.15, 0.2) is 0 Å². The van der Waals surface area contributed by atoms with Crippen molar-refractivity contribution in [2.24, 2.45) is 0 Å². The number of para-hydroxylation sites is 1. The Hall–Kier alpha value is -2.15. The van der Waals surface area contributed by atoms with Crippen LogP contribution in [-0.4, -0.2) is 42.1 Å². The van der Waals surface area contributed by atoms with Gasteiger partial charge in [-0.3, -0.25) is 4.55 Å². The van der Waals surface area contributed by atoms with Gasteiger partial charge < -0.3 is 9.47 Å². The van der Waals surface area contributed by atoms with Crippen LogP contribution in [0.15, 0.2) is 71.8 Å². The molecule has 0 spiro atoms. The van der Waals surface area contributed by atoms with Gasteiger partial charge in [0.2, 0.25) is 0 Å². The third-order valence-corrected chi connectivity index (χ3v) is 6.57. The average Bonchev–Trinajstić information content (AvgIpc) is 3.19. The maximum Gasteiger partial charge on any atom is 0.294 e. The number of hydrogen-bond donors (Lipinski definition) is 1. The highest BCUT2D eigenvalue weighted by atomic mass is 32.2. The van der Waals surface area contributed by atoms with Crippen LogP contribution in [0.3, 0.4) is 0 Å². The summed E-state index contributed by atoms with van der Waals surface area (Å²) < 4.78 is 31.7. The van der Waals surface area contributed by atoms with E-state index in [1.807, 2.05) is 0 Å². The third-order valence-electron chi connectivity index (χ3n) is 5.70. The van der Waals surface area contributed by atoms with Gasteiger partial charge in [-0.2, -0.15) is 8.42 Å². The van der Waals surface area contributed by atoms with E-state index in [1.54, 1.807) is 18.2 Å². The number of nitrogens with zero attached hydrogens (tertiary/aromatic N) is 2. The smallest absolute Gasteiger partial charge is 0.294 e. The molecule has 1 aromatic heterocycles. The maximum absolute atomic E-state index is 10.4. The maximum atomic E-state index is 10.4. The van der Waals surface area contributed by atoms with E-state index in [1.165, 1.54) is 74.8 Å². The second-order valence-electron chi connectivity index (χ2n) is 7.85. The quantitative estimate of drug-likeness (QED) is 0.422. The SMILES string of the molecule is CCCCCN1CCC(n2ccc3ccccc32)CC1.O=S(=O)(O)c1ccccc1. The lowest BCUT2D eigenvalue weighted by molar-refractivity contribution is 0.186. The fourth-order valence-corrected chi connectivity index (χ4v) is 4.52. The molecule has 162 valence electrons. The summed E-state index contributed by atoms with van der Waals surface area (Å²) in [6.45, 7) is 6.11. The molecule has 1 fully saturated rings. The predicted octanol–water partition coefficient (Wildman–Crippen LogP) is 5.40. The molecule has 1 N–H and O–H groups in total. The number of fused-ring (bicyclic) bond motifs is 1. The van der Waals surface area contributed by atoms with E-state index in [4.69, 9.17) is 4.55 Å². The van der Waals surface area contributed by atoms with Gasteiger partial charge in [0.05, 0.1) is 4.90 Å². The molecular formula is C24H32N2O3S. The van der Waals surface area contributed by atoms with Crippen molar-refractivity contribution in [1.29, 1.82) is 0 Å². The molecule has 2 aromatic carbocycles. The van der Waals surface area contributed by atoms with Gasteiger partial charge in [-0.1, -0.05) is 56.2 Å². The van der Waals surface area contributed by atoms with Crippen LogP contribution < -0.4 is 0 Å². The van der Waals surface area contributed by atoms with Crippen molar-refractivity contribution >= 4 is 21.0 Å². The second-order valence-corrected chi connectivity index (χ2v) is 9.27. The molecule has 5 nitrogen and oxygen atoms in total. The normalized spacial score (nSPS) is 15.7. The first-order valence-electron chi connectivity index (χ1n) is 10.8. The van der Waals surface area contributed by atoms with Crippen molar-refractivity contribution < 1.29 is 13.0 Å². The molecule has 4 rings (SSSR count). The zero-order valence-electron chi connectivity index (χ0n) is 17.7. The number of benzene rings is 2. The van der Waals surface area contributed by atoms with Crippen LogP contribution in [0, 0.1) is 0 Å². The Morgan fingerprint density at radius 1 is 0.933 bits per heavy atom. The molecule has 0 radical (unpaired) electrons. The van der Waals surface area contributed by atoms with Crippen molar-refractivity contribution in [3.8, 4) is 0 Å². The lowest BCUT2D eigenvalue weighted by Gasteiger charge is -2.33. The molecule has 0 atom stereocenters. The van der Waals surface area contributed by atoms with Crippen LogP contribution in [0.25, 0.3) is 10.9 Å². The molecule has 1 aliphatic rings. The summed E-state index contributed by atoms with van der Waals surface area (Å²) in [5.74, 6) is 0. The Kier molecular flexibility index (Phi) is 8.08. The zero-order chi connectivity index (χ0) is 21.4. The van der Waals surface area contributed by atoms with Crippen molar-refractivity contribution in [3.63, 3.8) is 0 Å². The summed E-state index contributed by atoms with van der Waals surface area (Å²) in [4.78, 5) is 2.58. The first kappa shape index (κ1) is 22.5. The van der Waals surface area contributed by atoms with Crippen molar-refractivity contribution in [2.75, 3.05) is 19.6 Å². The highest BCUT2D eigenvalue weighted by molar-refractivity contribution is 7.85. The monoisotopic (exact) mass is 428 g/mol. The van der Waals surface area contributed by atoms with Crippen LogP contribution in [0.2, 0.25) is 0 Å². The summed E-state index contributed by atoms with van der Waals surface area (Å²) in [7, 11) is -4.00. The van der Waals surface area contributed by atoms with E-state index in [0.29, 0.717) is 6.04 Å². The number of rotatable bonds is 6. The molecule has 0 saturated carbocycles. The highest BCUT2D eigenvalue weighted by Crippen LogP contribution is 2.27. The summed E-state index contributed by atoms with van der Waals surface area (Å²) in [5, 5.41) is 1.37. The van der Waals surface area contributed by atoms with Gasteiger partial charge in [-0.25, -0.2) is 0 Å². The minimum absolute atomic E-state index is 0.0741. The molecule has 0 unspecified atom stereocenters. The molecule has 1 saturated heterocycles. The summed E-state index contributed by atoms with van der Waals surface area (Å²) in [5.41, 5.74) is 1.40. The van der Waals surface area contributed by atoms with E-state index < -0.39 is 10.1 Å². The van der Waals surface area contributed by atoms with Crippen LogP contribution in [0.4, 0.5) is 0 Å². The Balaban J connectivity index is 0.000000216. The fourth-order valence-electron chi connectivity index (χ4n) is 4.02. The van der Waals surface area contributed by atoms with Gasteiger partial charge in [-0.05, 0) is 55.5 Å². The molecule has 30 heavy (non-hydrogen) atoms. The largest absolute Gasteiger partial charge is 0.344 e. The van der Waals surface area contributed by atoms with E-state index in [2.05, 4.69) is 52.9 Å². The Morgan fingerprint density at radius 3 is 2.23 bits per heavy atom. The van der Waals surface area contributed by atoms with Gasteiger partial charge in [0.25, 0.3) is 10.1 Å². The molecule has 1 aliphatic heterocycles. The van der Waals surface area contributed by atoms with Crippen LogP contribution in [0.1, 0.15) is 45.1 Å². The van der Waals surface area contributed by atoms with Crippen LogP contribution in [0.5, 0.6) is 0 Å². The highest BCUT2D eigenvalue weighted by Gasteiger charge is 2.20. The minimum Gasteiger partial charge on any atom is -0.344 e. The molecule has 0 amide bonds. The van der Waals surface area contributed by atoms with E-state index in [-0.39, 0.29) is 4.90 Å². The first-order valence-corrected chi connectivity index (χ1v) is 12.2. The van der Waals surface area contributed by atoms with Gasteiger partial charge in [-0.15, -0.1) is 0 Å². The van der Waals surface area contributed by atoms with E-state index >= 15 is 0 Å². The minimum atomic E-state index is -4.00. The van der Waals surface area contributed by atoms with Crippen LogP contribution in [-0.2, 0) is 10.1 Å². The van der Waals surface area contributed by atoms with E-state index in [9.17, 15) is 8.42 Å². The Bertz CT molecular complexity index is 1010. The predicted molar refractivity (Wildman–Crippen MR) is 122 cm³/mol. The van der Waals surface area contributed by atoms with Gasteiger partial charge in [0.1, 0.15) is 0 Å². The average molecular weight is 429 g/mol. The number of likely N-dealkylation sites (tertiary alicyclic amines) is 1. The Morgan fingerprint density at radius 2 is 1.60 bits per heavy atom. The number of hydrogen-bond acceptors (Lipinski definition) is 3. The summed E-state index contributed by atoms with van der Waals surface area (Å²) in [6.07, 6.45) is 8.94. The number of piperidine rings is 1.